The fourth-order valence-corrected chi connectivity index (χ4v) is 1.85. The Morgan fingerprint density at radius 2 is 1.85 bits per heavy atom. The highest BCUT2D eigenvalue weighted by molar-refractivity contribution is 5.97. The van der Waals surface area contributed by atoms with Crippen molar-refractivity contribution in [1.82, 2.24) is 9.80 Å². The van der Waals surface area contributed by atoms with Gasteiger partial charge in [-0.05, 0) is 12.1 Å². The van der Waals surface area contributed by atoms with Crippen molar-refractivity contribution in [2.75, 3.05) is 40.4 Å². The summed E-state index contributed by atoms with van der Waals surface area (Å²) in [5, 5.41) is 0. The van der Waals surface area contributed by atoms with Crippen LogP contribution >= 0.6 is 0 Å². The molecule has 0 atom stereocenters. The van der Waals surface area contributed by atoms with E-state index in [-0.39, 0.29) is 11.7 Å². The second-order valence-corrected chi connectivity index (χ2v) is 4.66. The molecule has 2 rings (SSSR count). The van der Waals surface area contributed by atoms with Gasteiger partial charge in [-0.2, -0.15) is 0 Å². The van der Waals surface area contributed by atoms with Gasteiger partial charge >= 0.3 is 6.09 Å². The predicted molar refractivity (Wildman–Crippen MR) is 72.9 cm³/mol. The smallest absolute Gasteiger partial charge is 0.409 e. The molecule has 108 valence electrons. The second-order valence-electron chi connectivity index (χ2n) is 4.66. The number of benzene rings is 1. The molecule has 6 heteroatoms. The summed E-state index contributed by atoms with van der Waals surface area (Å²) >= 11 is 0. The number of para-hydroxylation sites is 1. The van der Waals surface area contributed by atoms with E-state index in [1.54, 1.807) is 43.3 Å². The van der Waals surface area contributed by atoms with E-state index in [4.69, 9.17) is 9.47 Å². The first kappa shape index (κ1) is 14.3. The zero-order valence-corrected chi connectivity index (χ0v) is 11.7. The quantitative estimate of drug-likeness (QED) is 0.816. The minimum Gasteiger partial charge on any atom is -0.409 e. The molecular formula is C14H18N2O4. The van der Waals surface area contributed by atoms with Crippen LogP contribution in [0, 0.1) is 0 Å². The number of carbonyl (C=O) groups excluding carboxylic acids is 2. The molecule has 0 bridgehead atoms. The molecule has 1 aromatic carbocycles. The highest BCUT2D eigenvalue weighted by atomic mass is 16.6. The largest absolute Gasteiger partial charge is 0.414 e. The number of amides is 2. The van der Waals surface area contributed by atoms with Gasteiger partial charge in [-0.3, -0.25) is 4.79 Å². The van der Waals surface area contributed by atoms with Crippen LogP contribution in [0.1, 0.15) is 10.4 Å². The Labute approximate surface area is 117 Å². The van der Waals surface area contributed by atoms with Gasteiger partial charge in [0, 0.05) is 27.2 Å². The fourth-order valence-electron chi connectivity index (χ4n) is 1.85. The molecule has 1 aliphatic heterocycles. The van der Waals surface area contributed by atoms with Gasteiger partial charge < -0.3 is 19.3 Å². The van der Waals surface area contributed by atoms with Crippen molar-refractivity contribution >= 4 is 12.0 Å². The summed E-state index contributed by atoms with van der Waals surface area (Å²) < 4.78 is 10.5. The molecule has 20 heavy (non-hydrogen) atoms. The molecule has 0 saturated carbocycles. The number of rotatable bonds is 2. The van der Waals surface area contributed by atoms with Gasteiger partial charge in [-0.25, -0.2) is 4.79 Å². The Kier molecular flexibility index (Phi) is 4.57. The van der Waals surface area contributed by atoms with Crippen molar-refractivity contribution in [3.05, 3.63) is 29.8 Å². The zero-order chi connectivity index (χ0) is 14.5. The maximum Gasteiger partial charge on any atom is 0.414 e. The molecule has 6 nitrogen and oxygen atoms in total. The average Bonchev–Trinajstić information content (AvgIpc) is 2.48. The summed E-state index contributed by atoms with van der Waals surface area (Å²) in [6, 6.07) is 6.76. The molecule has 0 aliphatic carbocycles. The second kappa shape index (κ2) is 6.38. The van der Waals surface area contributed by atoms with E-state index >= 15 is 0 Å². The fraction of sp³-hybridized carbons (Fsp3) is 0.429. The normalized spacial score (nSPS) is 14.8. The SMILES string of the molecule is CN(C)C(=O)Oc1ccccc1C(=O)N1CCOCC1. The van der Waals surface area contributed by atoms with Crippen molar-refractivity contribution in [2.45, 2.75) is 0 Å². The summed E-state index contributed by atoms with van der Waals surface area (Å²) in [5.74, 6) is 0.137. The molecule has 0 unspecified atom stereocenters. The molecule has 0 N–H and O–H groups in total. The molecule has 1 fully saturated rings. The molecule has 1 heterocycles. The molecule has 1 aliphatic rings. The number of nitrogens with zero attached hydrogens (tertiary/aromatic N) is 2. The van der Waals surface area contributed by atoms with E-state index in [9.17, 15) is 9.59 Å². The van der Waals surface area contributed by atoms with Crippen LogP contribution in [0.3, 0.4) is 0 Å². The first-order chi connectivity index (χ1) is 9.59. The van der Waals surface area contributed by atoms with Gasteiger partial charge in [0.2, 0.25) is 0 Å². The zero-order valence-electron chi connectivity index (χ0n) is 11.7. The van der Waals surface area contributed by atoms with E-state index in [2.05, 4.69) is 0 Å². The van der Waals surface area contributed by atoms with E-state index in [1.807, 2.05) is 0 Å². The third-order valence-corrected chi connectivity index (χ3v) is 2.98. The number of hydrogen-bond acceptors (Lipinski definition) is 4. The van der Waals surface area contributed by atoms with Gasteiger partial charge in [0.15, 0.2) is 0 Å². The summed E-state index contributed by atoms with van der Waals surface area (Å²) in [5.41, 5.74) is 0.393. The minimum atomic E-state index is -0.507. The van der Waals surface area contributed by atoms with Gasteiger partial charge in [0.1, 0.15) is 5.75 Å². The Balaban J connectivity index is 2.18. The lowest BCUT2D eigenvalue weighted by Gasteiger charge is -2.27. The van der Waals surface area contributed by atoms with Gasteiger partial charge in [0.05, 0.1) is 18.8 Å². The number of carbonyl (C=O) groups is 2. The first-order valence-corrected chi connectivity index (χ1v) is 6.45. The Bertz CT molecular complexity index is 496. The van der Waals surface area contributed by atoms with Gasteiger partial charge in [0.25, 0.3) is 5.91 Å². The maximum atomic E-state index is 12.4. The van der Waals surface area contributed by atoms with Crippen molar-refractivity contribution in [3.63, 3.8) is 0 Å². The van der Waals surface area contributed by atoms with Gasteiger partial charge in [-0.1, -0.05) is 12.1 Å². The average molecular weight is 278 g/mol. The molecule has 0 aromatic heterocycles. The van der Waals surface area contributed by atoms with E-state index in [1.165, 1.54) is 4.90 Å². The van der Waals surface area contributed by atoms with Crippen LogP contribution in [-0.2, 0) is 4.74 Å². The predicted octanol–water partition coefficient (Wildman–Crippen LogP) is 1.22. The summed E-state index contributed by atoms with van der Waals surface area (Å²) in [4.78, 5) is 27.1. The van der Waals surface area contributed by atoms with E-state index in [0.29, 0.717) is 31.9 Å². The van der Waals surface area contributed by atoms with Crippen LogP contribution in [0.5, 0.6) is 5.75 Å². The molecule has 0 spiro atoms. The monoisotopic (exact) mass is 278 g/mol. The highest BCUT2D eigenvalue weighted by Gasteiger charge is 2.22. The van der Waals surface area contributed by atoms with Crippen LogP contribution in [0.15, 0.2) is 24.3 Å². The maximum absolute atomic E-state index is 12.4. The summed E-state index contributed by atoms with van der Waals surface area (Å²) in [6.07, 6.45) is -0.507. The first-order valence-electron chi connectivity index (χ1n) is 6.45. The molecule has 1 saturated heterocycles. The van der Waals surface area contributed by atoms with Crippen LogP contribution in [0.2, 0.25) is 0 Å². The van der Waals surface area contributed by atoms with Gasteiger partial charge in [-0.15, -0.1) is 0 Å². The van der Waals surface area contributed by atoms with Crippen molar-refractivity contribution < 1.29 is 19.1 Å². The molecule has 0 radical (unpaired) electrons. The molecule has 1 aromatic rings. The Morgan fingerprint density at radius 1 is 1.20 bits per heavy atom. The lowest BCUT2D eigenvalue weighted by Crippen LogP contribution is -2.41. The number of morpholine rings is 1. The lowest BCUT2D eigenvalue weighted by atomic mass is 10.1. The minimum absolute atomic E-state index is 0.143. The van der Waals surface area contributed by atoms with Crippen LogP contribution in [0.4, 0.5) is 4.79 Å². The lowest BCUT2D eigenvalue weighted by molar-refractivity contribution is 0.0301. The third-order valence-electron chi connectivity index (χ3n) is 2.98. The topological polar surface area (TPSA) is 59.1 Å². The van der Waals surface area contributed by atoms with Crippen LogP contribution in [0.25, 0.3) is 0 Å². The van der Waals surface area contributed by atoms with E-state index < -0.39 is 6.09 Å². The molecular weight excluding hydrogens is 260 g/mol. The van der Waals surface area contributed by atoms with E-state index in [0.717, 1.165) is 0 Å². The number of ether oxygens (including phenoxy) is 2. The summed E-state index contributed by atoms with van der Waals surface area (Å²) in [7, 11) is 3.18. The Hall–Kier alpha value is -2.08. The molecule has 2 amide bonds. The summed E-state index contributed by atoms with van der Waals surface area (Å²) in [6.45, 7) is 2.17. The Morgan fingerprint density at radius 3 is 2.50 bits per heavy atom. The van der Waals surface area contributed by atoms with Crippen LogP contribution in [-0.4, -0.2) is 62.2 Å². The van der Waals surface area contributed by atoms with Crippen molar-refractivity contribution in [3.8, 4) is 5.75 Å². The highest BCUT2D eigenvalue weighted by Crippen LogP contribution is 2.21. The standard InChI is InChI=1S/C14H18N2O4/c1-15(2)14(18)20-12-6-4-3-5-11(12)13(17)16-7-9-19-10-8-16/h3-6H,7-10H2,1-2H3. The third kappa shape index (κ3) is 3.27. The van der Waals surface area contributed by atoms with Crippen molar-refractivity contribution in [2.24, 2.45) is 0 Å². The van der Waals surface area contributed by atoms with Crippen LogP contribution < -0.4 is 4.74 Å². The van der Waals surface area contributed by atoms with Crippen molar-refractivity contribution in [1.29, 1.82) is 0 Å². The number of hydrogen-bond donors (Lipinski definition) is 0.